The van der Waals surface area contributed by atoms with Crippen LogP contribution in [0, 0.1) is 0 Å². The van der Waals surface area contributed by atoms with Gasteiger partial charge in [-0.25, -0.2) is 4.98 Å². The van der Waals surface area contributed by atoms with Gasteiger partial charge in [-0.2, -0.15) is 0 Å². The first-order valence-corrected chi connectivity index (χ1v) is 6.71. The SMILES string of the molecule is COc1ccccc1C1CC(NCc2ncc[nH]2)C1. The summed E-state index contributed by atoms with van der Waals surface area (Å²) in [5.41, 5.74) is 1.33. The number of methoxy groups -OCH3 is 1. The molecule has 0 saturated heterocycles. The maximum absolute atomic E-state index is 5.42. The normalized spacial score (nSPS) is 21.9. The van der Waals surface area contributed by atoms with Crippen LogP contribution in [0.2, 0.25) is 0 Å². The number of ether oxygens (including phenoxy) is 1. The summed E-state index contributed by atoms with van der Waals surface area (Å²) in [7, 11) is 1.74. The van der Waals surface area contributed by atoms with Gasteiger partial charge in [0, 0.05) is 18.4 Å². The second-order valence-electron chi connectivity index (χ2n) is 5.02. The van der Waals surface area contributed by atoms with Gasteiger partial charge in [0.2, 0.25) is 0 Å². The van der Waals surface area contributed by atoms with Crippen LogP contribution in [-0.2, 0) is 6.54 Å². The molecule has 1 aliphatic carbocycles. The summed E-state index contributed by atoms with van der Waals surface area (Å²) in [5, 5.41) is 3.52. The average Bonchev–Trinajstić information content (AvgIpc) is 2.90. The Kier molecular flexibility index (Phi) is 3.51. The predicted molar refractivity (Wildman–Crippen MR) is 74.2 cm³/mol. The summed E-state index contributed by atoms with van der Waals surface area (Å²) in [4.78, 5) is 7.32. The van der Waals surface area contributed by atoms with Gasteiger partial charge >= 0.3 is 0 Å². The monoisotopic (exact) mass is 257 g/mol. The predicted octanol–water partition coefficient (Wildman–Crippen LogP) is 2.45. The van der Waals surface area contributed by atoms with Gasteiger partial charge in [-0.3, -0.25) is 0 Å². The number of H-pyrrole nitrogens is 1. The Morgan fingerprint density at radius 2 is 2.21 bits per heavy atom. The van der Waals surface area contributed by atoms with E-state index in [2.05, 4.69) is 27.4 Å². The highest BCUT2D eigenvalue weighted by atomic mass is 16.5. The quantitative estimate of drug-likeness (QED) is 0.865. The molecule has 3 rings (SSSR count). The smallest absolute Gasteiger partial charge is 0.122 e. The van der Waals surface area contributed by atoms with Crippen molar-refractivity contribution < 1.29 is 4.74 Å². The fourth-order valence-corrected chi connectivity index (χ4v) is 2.68. The minimum atomic E-state index is 0.583. The van der Waals surface area contributed by atoms with Gasteiger partial charge in [-0.15, -0.1) is 0 Å². The fraction of sp³-hybridized carbons (Fsp3) is 0.400. The van der Waals surface area contributed by atoms with E-state index >= 15 is 0 Å². The van der Waals surface area contributed by atoms with Crippen LogP contribution in [0.3, 0.4) is 0 Å². The first kappa shape index (κ1) is 12.2. The lowest BCUT2D eigenvalue weighted by Crippen LogP contribution is -2.39. The Balaban J connectivity index is 1.52. The highest BCUT2D eigenvalue weighted by Gasteiger charge is 2.31. The Morgan fingerprint density at radius 3 is 2.95 bits per heavy atom. The minimum absolute atomic E-state index is 0.583. The summed E-state index contributed by atoms with van der Waals surface area (Å²) in [6, 6.07) is 8.90. The van der Waals surface area contributed by atoms with Gasteiger partial charge < -0.3 is 15.0 Å². The van der Waals surface area contributed by atoms with Crippen molar-refractivity contribution in [3.8, 4) is 5.75 Å². The summed E-state index contributed by atoms with van der Waals surface area (Å²) in [6.07, 6.45) is 5.98. The number of aromatic amines is 1. The highest BCUT2D eigenvalue weighted by molar-refractivity contribution is 5.37. The van der Waals surface area contributed by atoms with Crippen LogP contribution < -0.4 is 10.1 Å². The standard InChI is InChI=1S/C15H19N3O/c1-19-14-5-3-2-4-13(14)11-8-12(9-11)18-10-15-16-6-7-17-15/h2-7,11-12,18H,8-10H2,1H3,(H,16,17). The summed E-state index contributed by atoms with van der Waals surface area (Å²) in [6.45, 7) is 0.816. The van der Waals surface area contributed by atoms with Crippen molar-refractivity contribution in [2.24, 2.45) is 0 Å². The molecule has 0 aliphatic heterocycles. The van der Waals surface area contributed by atoms with Crippen LogP contribution in [0.5, 0.6) is 5.75 Å². The van der Waals surface area contributed by atoms with E-state index in [1.807, 2.05) is 18.3 Å². The van der Waals surface area contributed by atoms with Crippen molar-refractivity contribution in [2.45, 2.75) is 31.3 Å². The van der Waals surface area contributed by atoms with Crippen molar-refractivity contribution in [1.82, 2.24) is 15.3 Å². The number of benzene rings is 1. The van der Waals surface area contributed by atoms with E-state index in [1.54, 1.807) is 13.3 Å². The number of nitrogens with one attached hydrogen (secondary N) is 2. The summed E-state index contributed by atoms with van der Waals surface area (Å²) < 4.78 is 5.42. The summed E-state index contributed by atoms with van der Waals surface area (Å²) in [5.74, 6) is 2.63. The molecule has 1 fully saturated rings. The number of rotatable bonds is 5. The molecule has 0 spiro atoms. The zero-order valence-corrected chi connectivity index (χ0v) is 11.1. The van der Waals surface area contributed by atoms with Crippen molar-refractivity contribution in [1.29, 1.82) is 0 Å². The van der Waals surface area contributed by atoms with Crippen molar-refractivity contribution in [3.63, 3.8) is 0 Å². The highest BCUT2D eigenvalue weighted by Crippen LogP contribution is 2.40. The van der Waals surface area contributed by atoms with Gasteiger partial charge in [-0.1, -0.05) is 18.2 Å². The third kappa shape index (κ3) is 2.63. The van der Waals surface area contributed by atoms with E-state index in [4.69, 9.17) is 4.74 Å². The van der Waals surface area contributed by atoms with Crippen LogP contribution in [0.4, 0.5) is 0 Å². The van der Waals surface area contributed by atoms with Crippen LogP contribution >= 0.6 is 0 Å². The van der Waals surface area contributed by atoms with Gasteiger partial charge in [0.1, 0.15) is 11.6 Å². The molecule has 2 aromatic rings. The molecule has 0 unspecified atom stereocenters. The molecule has 0 amide bonds. The van der Waals surface area contributed by atoms with E-state index in [1.165, 1.54) is 18.4 Å². The Hall–Kier alpha value is -1.81. The molecule has 1 aliphatic rings. The van der Waals surface area contributed by atoms with Crippen molar-refractivity contribution in [3.05, 3.63) is 48.0 Å². The Bertz CT molecular complexity index is 518. The lowest BCUT2D eigenvalue weighted by Gasteiger charge is -2.36. The zero-order valence-electron chi connectivity index (χ0n) is 11.1. The van der Waals surface area contributed by atoms with Crippen molar-refractivity contribution >= 4 is 0 Å². The van der Waals surface area contributed by atoms with Gasteiger partial charge in [-0.05, 0) is 30.4 Å². The van der Waals surface area contributed by atoms with Crippen LogP contribution in [-0.4, -0.2) is 23.1 Å². The zero-order chi connectivity index (χ0) is 13.1. The molecule has 100 valence electrons. The molecule has 4 nitrogen and oxygen atoms in total. The number of aromatic nitrogens is 2. The lowest BCUT2D eigenvalue weighted by atomic mass is 9.75. The molecule has 19 heavy (non-hydrogen) atoms. The molecule has 1 heterocycles. The molecule has 2 N–H and O–H groups in total. The molecule has 0 bridgehead atoms. The fourth-order valence-electron chi connectivity index (χ4n) is 2.68. The van der Waals surface area contributed by atoms with Crippen LogP contribution in [0.1, 0.15) is 30.1 Å². The van der Waals surface area contributed by atoms with Crippen LogP contribution in [0.25, 0.3) is 0 Å². The number of imidazole rings is 1. The summed E-state index contributed by atoms with van der Waals surface area (Å²) >= 11 is 0. The molecule has 1 aromatic heterocycles. The van der Waals surface area contributed by atoms with E-state index in [-0.39, 0.29) is 0 Å². The molecular weight excluding hydrogens is 238 g/mol. The molecule has 1 aromatic carbocycles. The van der Waals surface area contributed by atoms with Crippen molar-refractivity contribution in [2.75, 3.05) is 7.11 Å². The first-order chi connectivity index (χ1) is 9.36. The number of para-hydroxylation sites is 1. The Labute approximate surface area is 113 Å². The molecule has 0 atom stereocenters. The number of hydrogen-bond acceptors (Lipinski definition) is 3. The Morgan fingerprint density at radius 1 is 1.37 bits per heavy atom. The number of hydrogen-bond donors (Lipinski definition) is 2. The molecular formula is C15H19N3O. The molecule has 0 radical (unpaired) electrons. The van der Waals surface area contributed by atoms with Gasteiger partial charge in [0.15, 0.2) is 0 Å². The minimum Gasteiger partial charge on any atom is -0.496 e. The third-order valence-electron chi connectivity index (χ3n) is 3.83. The van der Waals surface area contributed by atoms with Crippen LogP contribution in [0.15, 0.2) is 36.7 Å². The van der Waals surface area contributed by atoms with E-state index in [9.17, 15) is 0 Å². The molecule has 4 heteroatoms. The van der Waals surface area contributed by atoms with E-state index in [0.717, 1.165) is 18.1 Å². The maximum Gasteiger partial charge on any atom is 0.122 e. The number of nitrogens with zero attached hydrogens (tertiary/aromatic N) is 1. The lowest BCUT2D eigenvalue weighted by molar-refractivity contribution is 0.280. The first-order valence-electron chi connectivity index (χ1n) is 6.71. The van der Waals surface area contributed by atoms with E-state index in [0.29, 0.717) is 12.0 Å². The maximum atomic E-state index is 5.42. The van der Waals surface area contributed by atoms with E-state index < -0.39 is 0 Å². The van der Waals surface area contributed by atoms with Gasteiger partial charge in [0.05, 0.1) is 13.7 Å². The average molecular weight is 257 g/mol. The second kappa shape index (κ2) is 5.45. The largest absolute Gasteiger partial charge is 0.496 e. The topological polar surface area (TPSA) is 49.9 Å². The van der Waals surface area contributed by atoms with Gasteiger partial charge in [0.25, 0.3) is 0 Å². The molecule has 1 saturated carbocycles. The third-order valence-corrected chi connectivity index (χ3v) is 3.83. The second-order valence-corrected chi connectivity index (χ2v) is 5.02.